The molecule has 0 saturated heterocycles. The van der Waals surface area contributed by atoms with Crippen LogP contribution in [0, 0.1) is 0 Å². The van der Waals surface area contributed by atoms with Gasteiger partial charge in [0.25, 0.3) is 17.4 Å². The first-order valence-corrected chi connectivity index (χ1v) is 8.70. The van der Waals surface area contributed by atoms with Crippen LogP contribution in [0.5, 0.6) is 0 Å². The van der Waals surface area contributed by atoms with Crippen molar-refractivity contribution in [2.45, 2.75) is 6.10 Å². The third-order valence-electron chi connectivity index (χ3n) is 4.59. The van der Waals surface area contributed by atoms with E-state index < -0.39 is 23.5 Å². The van der Waals surface area contributed by atoms with Gasteiger partial charge in [0.1, 0.15) is 11.9 Å². The molecule has 2 amide bonds. The van der Waals surface area contributed by atoms with E-state index in [4.69, 9.17) is 17.3 Å². The summed E-state index contributed by atoms with van der Waals surface area (Å²) in [5.74, 6) is -1.53. The van der Waals surface area contributed by atoms with Crippen molar-refractivity contribution < 1.29 is 14.7 Å². The Bertz CT molecular complexity index is 1190. The second-order valence-electron chi connectivity index (χ2n) is 6.29. The van der Waals surface area contributed by atoms with Gasteiger partial charge in [-0.15, -0.1) is 0 Å². The zero-order chi connectivity index (χ0) is 20.0. The van der Waals surface area contributed by atoms with Crippen LogP contribution < -0.4 is 16.6 Å². The monoisotopic (exact) mass is 395 g/mol. The molecule has 0 aliphatic carbocycles. The number of fused-ring (bicyclic) bond motifs is 1. The van der Waals surface area contributed by atoms with Crippen molar-refractivity contribution in [3.8, 4) is 5.69 Å². The minimum absolute atomic E-state index is 0.0668. The lowest BCUT2D eigenvalue weighted by molar-refractivity contribution is 0.0880. The second kappa shape index (κ2) is 6.63. The van der Waals surface area contributed by atoms with Gasteiger partial charge in [0.2, 0.25) is 0 Å². The number of aromatic nitrogens is 1. The van der Waals surface area contributed by atoms with Crippen LogP contribution in [-0.4, -0.2) is 21.5 Å². The number of nitrogens with one attached hydrogen (secondary N) is 1. The van der Waals surface area contributed by atoms with Crippen LogP contribution in [0.25, 0.3) is 5.69 Å². The van der Waals surface area contributed by atoms with Crippen LogP contribution in [0.1, 0.15) is 37.9 Å². The van der Waals surface area contributed by atoms with Gasteiger partial charge < -0.3 is 10.8 Å². The number of halogens is 1. The molecule has 1 unspecified atom stereocenters. The second-order valence-corrected chi connectivity index (χ2v) is 6.73. The molecule has 0 fully saturated rings. The van der Waals surface area contributed by atoms with Crippen LogP contribution >= 0.6 is 11.6 Å². The molecule has 0 saturated carbocycles. The molecule has 1 aliphatic heterocycles. The smallest absolute Gasteiger partial charge is 0.262 e. The van der Waals surface area contributed by atoms with E-state index in [0.717, 1.165) is 10.6 Å². The number of nitrogen functional groups attached to an aromatic ring is 1. The number of aliphatic hydroxyl groups excluding tert-OH is 1. The van der Waals surface area contributed by atoms with E-state index in [1.165, 1.54) is 12.1 Å². The summed E-state index contributed by atoms with van der Waals surface area (Å²) in [4.78, 5) is 36.7. The number of amides is 2. The standard InChI is InChI=1S/C20H14ClN3O4/c21-11-6-7-14(12(8-11)17(26)10-4-2-1-3-5-10)24-15(25)9-13-16(18(24)22)20(28)23-19(13)27/h1-9,17,26H,22H2,(H,23,27,28). The summed E-state index contributed by atoms with van der Waals surface area (Å²) in [7, 11) is 0. The minimum atomic E-state index is -1.09. The maximum atomic E-state index is 12.7. The van der Waals surface area contributed by atoms with Crippen LogP contribution in [0.4, 0.5) is 5.82 Å². The van der Waals surface area contributed by atoms with Gasteiger partial charge in [-0.25, -0.2) is 0 Å². The number of anilines is 1. The van der Waals surface area contributed by atoms with Crippen molar-refractivity contribution in [2.75, 3.05) is 5.73 Å². The minimum Gasteiger partial charge on any atom is -0.384 e. The lowest BCUT2D eigenvalue weighted by atomic mass is 9.99. The normalized spacial score (nSPS) is 13.9. The molecule has 0 bridgehead atoms. The van der Waals surface area contributed by atoms with Gasteiger partial charge in [-0.3, -0.25) is 24.3 Å². The first kappa shape index (κ1) is 18.0. The largest absolute Gasteiger partial charge is 0.384 e. The molecule has 28 heavy (non-hydrogen) atoms. The van der Waals surface area contributed by atoms with E-state index in [-0.39, 0.29) is 22.6 Å². The lowest BCUT2D eigenvalue weighted by Gasteiger charge is -2.19. The summed E-state index contributed by atoms with van der Waals surface area (Å²) in [5, 5.41) is 13.4. The molecule has 4 rings (SSSR count). The highest BCUT2D eigenvalue weighted by molar-refractivity contribution is 6.30. The van der Waals surface area contributed by atoms with E-state index >= 15 is 0 Å². The Kier molecular flexibility index (Phi) is 4.26. The third-order valence-corrected chi connectivity index (χ3v) is 4.83. The Morgan fingerprint density at radius 3 is 2.43 bits per heavy atom. The number of pyridine rings is 1. The molecule has 0 radical (unpaired) electrons. The van der Waals surface area contributed by atoms with Crippen LogP contribution in [0.3, 0.4) is 0 Å². The van der Waals surface area contributed by atoms with E-state index in [1.807, 2.05) is 6.07 Å². The average molecular weight is 396 g/mol. The maximum Gasteiger partial charge on any atom is 0.262 e. The first-order valence-electron chi connectivity index (χ1n) is 8.32. The van der Waals surface area contributed by atoms with Gasteiger partial charge >= 0.3 is 0 Å². The van der Waals surface area contributed by atoms with Crippen molar-refractivity contribution in [3.05, 3.63) is 92.2 Å². The number of rotatable bonds is 3. The van der Waals surface area contributed by atoms with Crippen molar-refractivity contribution in [1.82, 2.24) is 9.88 Å². The Balaban J connectivity index is 1.97. The summed E-state index contributed by atoms with van der Waals surface area (Å²) in [5.41, 5.74) is 6.54. The van der Waals surface area contributed by atoms with Gasteiger partial charge in [-0.05, 0) is 23.8 Å². The molecule has 1 atom stereocenters. The topological polar surface area (TPSA) is 114 Å². The zero-order valence-corrected chi connectivity index (χ0v) is 15.1. The van der Waals surface area contributed by atoms with Crippen molar-refractivity contribution >= 4 is 29.2 Å². The average Bonchev–Trinajstić information content (AvgIpc) is 2.96. The predicted octanol–water partition coefficient (Wildman–Crippen LogP) is 2.04. The van der Waals surface area contributed by atoms with E-state index in [9.17, 15) is 19.5 Å². The fraction of sp³-hybridized carbons (Fsp3) is 0.0500. The highest BCUT2D eigenvalue weighted by Gasteiger charge is 2.32. The molecular formula is C20H14ClN3O4. The Hall–Kier alpha value is -3.42. The molecule has 1 aliphatic rings. The number of benzene rings is 2. The first-order chi connectivity index (χ1) is 13.4. The molecule has 8 heteroatoms. The lowest BCUT2D eigenvalue weighted by Crippen LogP contribution is -2.25. The van der Waals surface area contributed by atoms with Crippen molar-refractivity contribution in [1.29, 1.82) is 0 Å². The maximum absolute atomic E-state index is 12.7. The van der Waals surface area contributed by atoms with Crippen LogP contribution in [0.15, 0.2) is 59.4 Å². The van der Waals surface area contributed by atoms with Crippen molar-refractivity contribution in [2.24, 2.45) is 0 Å². The van der Waals surface area contributed by atoms with E-state index in [2.05, 4.69) is 5.32 Å². The molecule has 2 aromatic carbocycles. The van der Waals surface area contributed by atoms with Crippen LogP contribution in [0.2, 0.25) is 5.02 Å². The van der Waals surface area contributed by atoms with Gasteiger partial charge in [-0.2, -0.15) is 0 Å². The van der Waals surface area contributed by atoms with Gasteiger partial charge in [0, 0.05) is 16.7 Å². The van der Waals surface area contributed by atoms with Gasteiger partial charge in [0.05, 0.1) is 16.8 Å². The number of nitrogens with zero attached hydrogens (tertiary/aromatic N) is 1. The molecule has 2 heterocycles. The fourth-order valence-electron chi connectivity index (χ4n) is 3.29. The third kappa shape index (κ3) is 2.77. The van der Waals surface area contributed by atoms with Gasteiger partial charge in [-0.1, -0.05) is 41.9 Å². The Labute approximate surface area is 164 Å². The number of carbonyl (C=O) groups excluding carboxylic acids is 2. The number of nitrogens with two attached hydrogens (primary N) is 1. The molecule has 7 nitrogen and oxygen atoms in total. The predicted molar refractivity (Wildman–Crippen MR) is 104 cm³/mol. The highest BCUT2D eigenvalue weighted by Crippen LogP contribution is 2.32. The summed E-state index contributed by atoms with van der Waals surface area (Å²) in [6, 6.07) is 14.5. The summed E-state index contributed by atoms with van der Waals surface area (Å²) >= 11 is 6.11. The number of hydrogen-bond donors (Lipinski definition) is 3. The SMILES string of the molecule is Nc1c2c(cc(=O)n1-c1ccc(Cl)cc1C(O)c1ccccc1)C(=O)NC2=O. The fourth-order valence-corrected chi connectivity index (χ4v) is 3.47. The summed E-state index contributed by atoms with van der Waals surface area (Å²) in [6.45, 7) is 0. The summed E-state index contributed by atoms with van der Waals surface area (Å²) in [6.07, 6.45) is -1.09. The molecule has 1 aromatic heterocycles. The Morgan fingerprint density at radius 2 is 1.71 bits per heavy atom. The number of carbonyl (C=O) groups is 2. The van der Waals surface area contributed by atoms with Gasteiger partial charge in [0.15, 0.2) is 0 Å². The quantitative estimate of drug-likeness (QED) is 0.587. The molecule has 0 spiro atoms. The highest BCUT2D eigenvalue weighted by atomic mass is 35.5. The number of hydrogen-bond acceptors (Lipinski definition) is 5. The zero-order valence-electron chi connectivity index (χ0n) is 14.3. The molecular weight excluding hydrogens is 382 g/mol. The van der Waals surface area contributed by atoms with E-state index in [1.54, 1.807) is 30.3 Å². The summed E-state index contributed by atoms with van der Waals surface area (Å²) < 4.78 is 1.09. The Morgan fingerprint density at radius 1 is 1.00 bits per heavy atom. The molecule has 4 N–H and O–H groups in total. The molecule has 3 aromatic rings. The molecule has 140 valence electrons. The van der Waals surface area contributed by atoms with Crippen LogP contribution in [-0.2, 0) is 0 Å². The van der Waals surface area contributed by atoms with E-state index in [0.29, 0.717) is 16.1 Å². The number of aliphatic hydroxyl groups is 1. The van der Waals surface area contributed by atoms with Crippen molar-refractivity contribution in [3.63, 3.8) is 0 Å². The number of imide groups is 1.